The number of carboxylic acids is 1. The number of rotatable bonds is 7. The Labute approximate surface area is 123 Å². The quantitative estimate of drug-likeness (QED) is 0.801. The normalized spacial score (nSPS) is 16.9. The summed E-state index contributed by atoms with van der Waals surface area (Å²) in [6, 6.07) is 6.96. The van der Waals surface area contributed by atoms with Gasteiger partial charge in [-0.2, -0.15) is 0 Å². The maximum Gasteiger partial charge on any atom is 0.308 e. The van der Waals surface area contributed by atoms with E-state index in [0.717, 1.165) is 0 Å². The van der Waals surface area contributed by atoms with E-state index in [1.54, 1.807) is 24.3 Å². The second kappa shape index (κ2) is 6.11. The number of sulfonamides is 1. The van der Waals surface area contributed by atoms with Gasteiger partial charge in [0.05, 0.1) is 11.2 Å². The van der Waals surface area contributed by atoms with Gasteiger partial charge in [0.15, 0.2) is 0 Å². The first-order chi connectivity index (χ1) is 9.40. The lowest BCUT2D eigenvalue weighted by molar-refractivity contribution is -0.141. The van der Waals surface area contributed by atoms with Crippen molar-refractivity contribution in [3.63, 3.8) is 0 Å². The monoisotopic (exact) mass is 317 g/mol. The molecule has 0 radical (unpaired) electrons. The molecule has 2 N–H and O–H groups in total. The van der Waals surface area contributed by atoms with Crippen LogP contribution in [0.3, 0.4) is 0 Å². The van der Waals surface area contributed by atoms with Crippen LogP contribution in [-0.4, -0.2) is 31.3 Å². The molecule has 20 heavy (non-hydrogen) atoms. The molecule has 1 aliphatic rings. The van der Waals surface area contributed by atoms with E-state index in [1.165, 1.54) is 0 Å². The van der Waals surface area contributed by atoms with Crippen molar-refractivity contribution in [3.8, 4) is 0 Å². The number of aliphatic carboxylic acids is 1. The fourth-order valence-electron chi connectivity index (χ4n) is 1.89. The van der Waals surface area contributed by atoms with E-state index in [9.17, 15) is 18.3 Å². The lowest BCUT2D eigenvalue weighted by Gasteiger charge is -2.14. The van der Waals surface area contributed by atoms with Crippen LogP contribution < -0.4 is 4.72 Å². The summed E-state index contributed by atoms with van der Waals surface area (Å²) in [6.07, 6.45) is 1.50. The zero-order valence-corrected chi connectivity index (χ0v) is 12.3. The van der Waals surface area contributed by atoms with Gasteiger partial charge in [-0.1, -0.05) is 29.8 Å². The standard InChI is InChI=1S/C13H16ClNO4S/c14-12-4-2-1-3-9(12)7-10(13(16)17)8-15-20(18,19)11-5-6-11/h1-4,10-11,15H,5-8H2,(H,16,17). The van der Waals surface area contributed by atoms with E-state index in [0.29, 0.717) is 23.4 Å². The zero-order valence-electron chi connectivity index (χ0n) is 10.8. The van der Waals surface area contributed by atoms with Crippen molar-refractivity contribution in [2.45, 2.75) is 24.5 Å². The average Bonchev–Trinajstić information content (AvgIpc) is 3.20. The zero-order chi connectivity index (χ0) is 14.8. The molecule has 0 aromatic heterocycles. The third-order valence-corrected chi connectivity index (χ3v) is 5.55. The summed E-state index contributed by atoms with van der Waals surface area (Å²) in [5.74, 6) is -1.87. The molecule has 1 aromatic rings. The van der Waals surface area contributed by atoms with E-state index in [2.05, 4.69) is 4.72 Å². The van der Waals surface area contributed by atoms with Crippen molar-refractivity contribution in [2.24, 2.45) is 5.92 Å². The van der Waals surface area contributed by atoms with Crippen LogP contribution in [0.2, 0.25) is 5.02 Å². The van der Waals surface area contributed by atoms with Gasteiger partial charge in [0.1, 0.15) is 0 Å². The molecule has 1 unspecified atom stereocenters. The van der Waals surface area contributed by atoms with Crippen molar-refractivity contribution in [3.05, 3.63) is 34.9 Å². The molecule has 5 nitrogen and oxygen atoms in total. The summed E-state index contributed by atoms with van der Waals surface area (Å²) < 4.78 is 25.8. The molecular formula is C13H16ClNO4S. The Morgan fingerprint density at radius 2 is 2.05 bits per heavy atom. The maximum absolute atomic E-state index is 11.7. The molecule has 0 bridgehead atoms. The van der Waals surface area contributed by atoms with Gasteiger partial charge in [-0.25, -0.2) is 13.1 Å². The lowest BCUT2D eigenvalue weighted by atomic mass is 10.00. The molecule has 1 aliphatic carbocycles. The first kappa shape index (κ1) is 15.3. The SMILES string of the molecule is O=C(O)C(CNS(=O)(=O)C1CC1)Cc1ccccc1Cl. The Morgan fingerprint density at radius 1 is 1.40 bits per heavy atom. The summed E-state index contributed by atoms with van der Waals surface area (Å²) in [4.78, 5) is 11.2. The second-order valence-corrected chi connectivity index (χ2v) is 7.38. The highest BCUT2D eigenvalue weighted by Gasteiger charge is 2.36. The van der Waals surface area contributed by atoms with Gasteiger partial charge in [0.2, 0.25) is 10.0 Å². The molecular weight excluding hydrogens is 302 g/mol. The fraction of sp³-hybridized carbons (Fsp3) is 0.462. The first-order valence-corrected chi connectivity index (χ1v) is 8.27. The van der Waals surface area contributed by atoms with Gasteiger partial charge in [-0.3, -0.25) is 4.79 Å². The minimum atomic E-state index is -3.36. The van der Waals surface area contributed by atoms with Crippen LogP contribution in [0.5, 0.6) is 0 Å². The number of nitrogens with one attached hydrogen (secondary N) is 1. The molecule has 0 amide bonds. The smallest absolute Gasteiger partial charge is 0.308 e. The number of hydrogen-bond donors (Lipinski definition) is 2. The predicted molar refractivity (Wildman–Crippen MR) is 76.2 cm³/mol. The number of carbonyl (C=O) groups is 1. The summed E-state index contributed by atoms with van der Waals surface area (Å²) in [5, 5.41) is 9.34. The third-order valence-electron chi connectivity index (χ3n) is 3.27. The van der Waals surface area contributed by atoms with Crippen LogP contribution >= 0.6 is 11.6 Å². The van der Waals surface area contributed by atoms with E-state index in [-0.39, 0.29) is 18.2 Å². The largest absolute Gasteiger partial charge is 0.481 e. The van der Waals surface area contributed by atoms with Crippen molar-refractivity contribution >= 4 is 27.6 Å². The molecule has 110 valence electrons. The summed E-state index contributed by atoms with van der Waals surface area (Å²) >= 11 is 5.99. The van der Waals surface area contributed by atoms with Crippen molar-refractivity contribution < 1.29 is 18.3 Å². The lowest BCUT2D eigenvalue weighted by Crippen LogP contribution is -2.35. The maximum atomic E-state index is 11.7. The Kier molecular flexibility index (Phi) is 4.67. The number of hydrogen-bond acceptors (Lipinski definition) is 3. The van der Waals surface area contributed by atoms with Crippen molar-refractivity contribution in [1.29, 1.82) is 0 Å². The molecule has 1 aromatic carbocycles. The summed E-state index contributed by atoms with van der Waals surface area (Å²) in [7, 11) is -3.36. The molecule has 1 saturated carbocycles. The van der Waals surface area contributed by atoms with Gasteiger partial charge in [0.25, 0.3) is 0 Å². The molecule has 0 saturated heterocycles. The average molecular weight is 318 g/mol. The first-order valence-electron chi connectivity index (χ1n) is 6.35. The minimum absolute atomic E-state index is 0.112. The molecule has 0 spiro atoms. The van der Waals surface area contributed by atoms with Gasteiger partial charge in [0, 0.05) is 11.6 Å². The molecule has 0 heterocycles. The van der Waals surface area contributed by atoms with Crippen LogP contribution in [0, 0.1) is 5.92 Å². The van der Waals surface area contributed by atoms with E-state index < -0.39 is 21.9 Å². The van der Waals surface area contributed by atoms with Crippen molar-refractivity contribution in [1.82, 2.24) is 4.72 Å². The van der Waals surface area contributed by atoms with E-state index in [4.69, 9.17) is 11.6 Å². The number of halogens is 1. The van der Waals surface area contributed by atoms with Gasteiger partial charge >= 0.3 is 5.97 Å². The van der Waals surface area contributed by atoms with E-state index in [1.807, 2.05) is 0 Å². The summed E-state index contributed by atoms with van der Waals surface area (Å²) in [6.45, 7) is -0.112. The fourth-order valence-corrected chi connectivity index (χ4v) is 3.53. The Hall–Kier alpha value is -1.11. The van der Waals surface area contributed by atoms with Gasteiger partial charge < -0.3 is 5.11 Å². The topological polar surface area (TPSA) is 83.5 Å². The molecule has 2 rings (SSSR count). The summed E-state index contributed by atoms with van der Waals surface area (Å²) in [5.41, 5.74) is 0.701. The third kappa shape index (κ3) is 3.94. The Morgan fingerprint density at radius 3 is 2.60 bits per heavy atom. The van der Waals surface area contributed by atoms with Crippen LogP contribution in [-0.2, 0) is 21.2 Å². The highest BCUT2D eigenvalue weighted by Crippen LogP contribution is 2.27. The van der Waals surface area contributed by atoms with Crippen molar-refractivity contribution in [2.75, 3.05) is 6.54 Å². The second-order valence-electron chi connectivity index (χ2n) is 4.92. The predicted octanol–water partition coefficient (Wildman–Crippen LogP) is 1.67. The van der Waals surface area contributed by atoms with Gasteiger partial charge in [-0.05, 0) is 30.9 Å². The highest BCUT2D eigenvalue weighted by molar-refractivity contribution is 7.90. The van der Waals surface area contributed by atoms with Crippen LogP contribution in [0.25, 0.3) is 0 Å². The molecule has 0 aliphatic heterocycles. The molecule has 1 atom stereocenters. The Balaban J connectivity index is 2.01. The van der Waals surface area contributed by atoms with Crippen LogP contribution in [0.4, 0.5) is 0 Å². The van der Waals surface area contributed by atoms with Crippen LogP contribution in [0.15, 0.2) is 24.3 Å². The van der Waals surface area contributed by atoms with Gasteiger partial charge in [-0.15, -0.1) is 0 Å². The molecule has 1 fully saturated rings. The number of benzene rings is 1. The number of carboxylic acid groups (broad SMARTS) is 1. The highest BCUT2D eigenvalue weighted by atomic mass is 35.5. The minimum Gasteiger partial charge on any atom is -0.481 e. The van der Waals surface area contributed by atoms with E-state index >= 15 is 0 Å². The molecule has 7 heteroatoms. The Bertz CT molecular complexity index is 598. The van der Waals surface area contributed by atoms with Crippen LogP contribution in [0.1, 0.15) is 18.4 Å².